The van der Waals surface area contributed by atoms with Crippen LogP contribution in [0.2, 0.25) is 0 Å². The molecule has 1 saturated heterocycles. The van der Waals surface area contributed by atoms with Gasteiger partial charge in [0.1, 0.15) is 0 Å². The lowest BCUT2D eigenvalue weighted by atomic mass is 9.90. The predicted octanol–water partition coefficient (Wildman–Crippen LogP) is 1.39. The Morgan fingerprint density at radius 1 is 1.35 bits per heavy atom. The van der Waals surface area contributed by atoms with E-state index in [4.69, 9.17) is 0 Å². The molecule has 1 amide bonds. The van der Waals surface area contributed by atoms with Gasteiger partial charge in [0.25, 0.3) is 5.56 Å². The van der Waals surface area contributed by atoms with Crippen molar-refractivity contribution in [1.29, 1.82) is 0 Å². The SMILES string of the molecule is C[C@@]1(C(=O)O)CCN(C(=O)Cc2cc3ccccc3[nH]c2=O)C1. The number of rotatable bonds is 3. The summed E-state index contributed by atoms with van der Waals surface area (Å²) in [5, 5.41) is 10.1. The van der Waals surface area contributed by atoms with E-state index in [2.05, 4.69) is 4.98 Å². The van der Waals surface area contributed by atoms with Gasteiger partial charge >= 0.3 is 5.97 Å². The smallest absolute Gasteiger partial charge is 0.311 e. The number of likely N-dealkylation sites (tertiary alicyclic amines) is 1. The lowest BCUT2D eigenvalue weighted by Crippen LogP contribution is -2.36. The largest absolute Gasteiger partial charge is 0.481 e. The lowest BCUT2D eigenvalue weighted by Gasteiger charge is -2.20. The number of hydrogen-bond donors (Lipinski definition) is 2. The Labute approximate surface area is 132 Å². The van der Waals surface area contributed by atoms with Crippen molar-refractivity contribution in [3.05, 3.63) is 46.2 Å². The highest BCUT2D eigenvalue weighted by Crippen LogP contribution is 2.30. The van der Waals surface area contributed by atoms with Gasteiger partial charge in [-0.05, 0) is 30.9 Å². The molecular formula is C17H18N2O4. The lowest BCUT2D eigenvalue weighted by molar-refractivity contribution is -0.147. The zero-order valence-electron chi connectivity index (χ0n) is 12.8. The number of para-hydroxylation sites is 1. The van der Waals surface area contributed by atoms with E-state index in [1.54, 1.807) is 19.1 Å². The molecule has 0 bridgehead atoms. The molecule has 0 radical (unpaired) electrons. The summed E-state index contributed by atoms with van der Waals surface area (Å²) in [6.45, 7) is 2.24. The van der Waals surface area contributed by atoms with E-state index in [0.717, 1.165) is 10.9 Å². The highest BCUT2D eigenvalue weighted by molar-refractivity contribution is 5.84. The molecule has 1 aromatic heterocycles. The maximum Gasteiger partial charge on any atom is 0.311 e. The van der Waals surface area contributed by atoms with Crippen LogP contribution in [0.1, 0.15) is 18.9 Å². The minimum atomic E-state index is -0.897. The summed E-state index contributed by atoms with van der Waals surface area (Å²) in [5.41, 5.74) is -0.0472. The van der Waals surface area contributed by atoms with Crippen molar-refractivity contribution in [2.24, 2.45) is 5.41 Å². The summed E-state index contributed by atoms with van der Waals surface area (Å²) in [7, 11) is 0. The Balaban J connectivity index is 1.80. The van der Waals surface area contributed by atoms with E-state index < -0.39 is 11.4 Å². The fourth-order valence-corrected chi connectivity index (χ4v) is 2.95. The third kappa shape index (κ3) is 2.84. The molecule has 0 unspecified atom stereocenters. The normalized spacial score (nSPS) is 20.8. The molecule has 0 saturated carbocycles. The van der Waals surface area contributed by atoms with Gasteiger partial charge < -0.3 is 15.0 Å². The summed E-state index contributed by atoms with van der Waals surface area (Å²) in [6.07, 6.45) is 0.415. The number of fused-ring (bicyclic) bond motifs is 1. The van der Waals surface area contributed by atoms with Gasteiger partial charge in [0.2, 0.25) is 5.91 Å². The van der Waals surface area contributed by atoms with Gasteiger partial charge in [0.15, 0.2) is 0 Å². The molecule has 1 fully saturated rings. The van der Waals surface area contributed by atoms with E-state index >= 15 is 0 Å². The number of carbonyl (C=O) groups is 2. The molecule has 1 aliphatic heterocycles. The fraction of sp³-hybridized carbons (Fsp3) is 0.353. The molecular weight excluding hydrogens is 296 g/mol. The molecule has 3 rings (SSSR count). The molecule has 0 aliphatic carbocycles. The Bertz CT molecular complexity index is 842. The van der Waals surface area contributed by atoms with Crippen LogP contribution in [0.3, 0.4) is 0 Å². The van der Waals surface area contributed by atoms with Crippen LogP contribution in [-0.4, -0.2) is 40.0 Å². The number of benzene rings is 1. The zero-order chi connectivity index (χ0) is 16.6. The van der Waals surface area contributed by atoms with Crippen molar-refractivity contribution in [3.8, 4) is 0 Å². The molecule has 2 aromatic rings. The maximum absolute atomic E-state index is 12.4. The Hall–Kier alpha value is -2.63. The monoisotopic (exact) mass is 314 g/mol. The average Bonchev–Trinajstić information content (AvgIpc) is 2.92. The quantitative estimate of drug-likeness (QED) is 0.896. The summed E-state index contributed by atoms with van der Waals surface area (Å²) in [6, 6.07) is 9.10. The van der Waals surface area contributed by atoms with Gasteiger partial charge in [-0.2, -0.15) is 0 Å². The van der Waals surface area contributed by atoms with Crippen LogP contribution < -0.4 is 5.56 Å². The second kappa shape index (κ2) is 5.53. The van der Waals surface area contributed by atoms with E-state index in [9.17, 15) is 19.5 Å². The second-order valence-corrected chi connectivity index (χ2v) is 6.32. The van der Waals surface area contributed by atoms with Crippen LogP contribution in [0.25, 0.3) is 10.9 Å². The summed E-state index contributed by atoms with van der Waals surface area (Å²) in [5.74, 6) is -1.10. The molecule has 1 aromatic carbocycles. The summed E-state index contributed by atoms with van der Waals surface area (Å²) >= 11 is 0. The van der Waals surface area contributed by atoms with Crippen LogP contribution in [0, 0.1) is 5.41 Å². The van der Waals surface area contributed by atoms with Crippen molar-refractivity contribution >= 4 is 22.8 Å². The number of carboxylic acid groups (broad SMARTS) is 1. The van der Waals surface area contributed by atoms with Crippen molar-refractivity contribution < 1.29 is 14.7 Å². The Kier molecular flexibility index (Phi) is 3.67. The molecule has 1 atom stereocenters. The van der Waals surface area contributed by atoms with E-state index in [-0.39, 0.29) is 24.4 Å². The number of pyridine rings is 1. The van der Waals surface area contributed by atoms with Crippen molar-refractivity contribution in [3.63, 3.8) is 0 Å². The van der Waals surface area contributed by atoms with Crippen molar-refractivity contribution in [2.45, 2.75) is 19.8 Å². The first-order valence-electron chi connectivity index (χ1n) is 7.51. The highest BCUT2D eigenvalue weighted by Gasteiger charge is 2.42. The third-order valence-electron chi connectivity index (χ3n) is 4.51. The first-order valence-corrected chi connectivity index (χ1v) is 7.51. The molecule has 2 N–H and O–H groups in total. The number of aliphatic carboxylic acids is 1. The van der Waals surface area contributed by atoms with Crippen molar-refractivity contribution in [2.75, 3.05) is 13.1 Å². The standard InChI is InChI=1S/C17H18N2O4/c1-17(16(22)23)6-7-19(10-17)14(20)9-12-8-11-4-2-3-5-13(11)18-15(12)21/h2-5,8H,6-7,9-10H2,1H3,(H,18,21)(H,22,23)/t17-/m1/s1. The van der Waals surface area contributed by atoms with Gasteiger partial charge in [-0.15, -0.1) is 0 Å². The van der Waals surface area contributed by atoms with Crippen LogP contribution in [-0.2, 0) is 16.0 Å². The average molecular weight is 314 g/mol. The van der Waals surface area contributed by atoms with E-state index in [1.807, 2.05) is 18.2 Å². The molecule has 1 aliphatic rings. The molecule has 2 heterocycles. The Morgan fingerprint density at radius 3 is 2.78 bits per heavy atom. The first kappa shape index (κ1) is 15.3. The molecule has 0 spiro atoms. The van der Waals surface area contributed by atoms with Gasteiger partial charge in [0, 0.05) is 24.2 Å². The number of nitrogens with one attached hydrogen (secondary N) is 1. The fourth-order valence-electron chi connectivity index (χ4n) is 2.95. The number of aromatic nitrogens is 1. The number of hydrogen-bond acceptors (Lipinski definition) is 3. The zero-order valence-corrected chi connectivity index (χ0v) is 12.8. The van der Waals surface area contributed by atoms with Crippen LogP contribution in [0.4, 0.5) is 0 Å². The van der Waals surface area contributed by atoms with E-state index in [1.165, 1.54) is 4.90 Å². The first-order chi connectivity index (χ1) is 10.9. The highest BCUT2D eigenvalue weighted by atomic mass is 16.4. The van der Waals surface area contributed by atoms with Gasteiger partial charge in [-0.1, -0.05) is 18.2 Å². The van der Waals surface area contributed by atoms with Crippen molar-refractivity contribution in [1.82, 2.24) is 9.88 Å². The molecule has 6 nitrogen and oxygen atoms in total. The number of amides is 1. The third-order valence-corrected chi connectivity index (χ3v) is 4.51. The van der Waals surface area contributed by atoms with Crippen LogP contribution in [0.5, 0.6) is 0 Å². The van der Waals surface area contributed by atoms with Gasteiger partial charge in [0.05, 0.1) is 11.8 Å². The molecule has 6 heteroatoms. The maximum atomic E-state index is 12.4. The summed E-state index contributed by atoms with van der Waals surface area (Å²) < 4.78 is 0. The minimum absolute atomic E-state index is 0.0180. The topological polar surface area (TPSA) is 90.5 Å². The number of aromatic amines is 1. The number of H-pyrrole nitrogens is 1. The predicted molar refractivity (Wildman–Crippen MR) is 85.2 cm³/mol. The second-order valence-electron chi connectivity index (χ2n) is 6.32. The van der Waals surface area contributed by atoms with Gasteiger partial charge in [-0.3, -0.25) is 14.4 Å². The minimum Gasteiger partial charge on any atom is -0.481 e. The van der Waals surface area contributed by atoms with Crippen LogP contribution >= 0.6 is 0 Å². The summed E-state index contributed by atoms with van der Waals surface area (Å²) in [4.78, 5) is 40.0. The number of carboxylic acids is 1. The number of nitrogens with zero attached hydrogens (tertiary/aromatic N) is 1. The van der Waals surface area contributed by atoms with Crippen LogP contribution in [0.15, 0.2) is 35.1 Å². The molecule has 120 valence electrons. The van der Waals surface area contributed by atoms with E-state index in [0.29, 0.717) is 18.5 Å². The van der Waals surface area contributed by atoms with Gasteiger partial charge in [-0.25, -0.2) is 0 Å². The molecule has 23 heavy (non-hydrogen) atoms. The Morgan fingerprint density at radius 2 is 2.09 bits per heavy atom. The number of carbonyl (C=O) groups excluding carboxylic acids is 1.